The van der Waals surface area contributed by atoms with E-state index in [0.717, 1.165) is 5.69 Å². The predicted molar refractivity (Wildman–Crippen MR) is 57.9 cm³/mol. The van der Waals surface area contributed by atoms with Crippen LogP contribution in [-0.2, 0) is 11.0 Å². The van der Waals surface area contributed by atoms with Gasteiger partial charge in [0.05, 0.1) is 28.4 Å². The van der Waals surface area contributed by atoms with Gasteiger partial charge in [-0.2, -0.15) is 5.26 Å². The lowest BCUT2D eigenvalue weighted by Crippen LogP contribution is -2.31. The van der Waals surface area contributed by atoms with E-state index in [0.29, 0.717) is 5.69 Å². The third-order valence-electron chi connectivity index (χ3n) is 2.25. The Labute approximate surface area is 90.2 Å². The van der Waals surface area contributed by atoms with Gasteiger partial charge < -0.3 is 5.73 Å². The molecule has 0 spiro atoms. The number of aromatic nitrogens is 2. The molecule has 1 rings (SSSR count). The molecular formula is C11H16N4. The monoisotopic (exact) mass is 204 g/mol. The van der Waals surface area contributed by atoms with E-state index in [-0.39, 0.29) is 0 Å². The summed E-state index contributed by atoms with van der Waals surface area (Å²) in [5, 5.41) is 9.00. The van der Waals surface area contributed by atoms with Gasteiger partial charge in [0.25, 0.3) is 0 Å². The molecule has 0 radical (unpaired) electrons. The predicted octanol–water partition coefficient (Wildman–Crippen LogP) is 1.47. The second-order valence-corrected chi connectivity index (χ2v) is 4.75. The molecule has 0 aliphatic heterocycles. The number of rotatable bonds is 2. The molecule has 0 aliphatic rings. The average Bonchev–Trinajstić information content (AvgIpc) is 2.17. The first-order chi connectivity index (χ1) is 6.77. The number of nitriles is 1. The molecule has 0 amide bonds. The zero-order valence-electron chi connectivity index (χ0n) is 9.57. The molecule has 0 aliphatic carbocycles. The maximum atomic E-state index is 9.00. The summed E-state index contributed by atoms with van der Waals surface area (Å²) >= 11 is 0. The number of nitrogens with two attached hydrogens (primary N) is 1. The van der Waals surface area contributed by atoms with Crippen molar-refractivity contribution in [3.63, 3.8) is 0 Å². The Morgan fingerprint density at radius 1 is 1.20 bits per heavy atom. The lowest BCUT2D eigenvalue weighted by Gasteiger charge is -2.20. The SMILES string of the molecule is CC(C)(N)c1cc(C(C)(C)C#N)ncn1. The molecule has 4 nitrogen and oxygen atoms in total. The molecule has 1 heterocycles. The molecule has 1 aromatic rings. The Kier molecular flexibility index (Phi) is 2.78. The molecule has 0 atom stereocenters. The second-order valence-electron chi connectivity index (χ2n) is 4.75. The summed E-state index contributed by atoms with van der Waals surface area (Å²) in [4.78, 5) is 8.22. The van der Waals surface area contributed by atoms with Crippen molar-refractivity contribution in [3.8, 4) is 6.07 Å². The van der Waals surface area contributed by atoms with Crippen LogP contribution in [-0.4, -0.2) is 9.97 Å². The van der Waals surface area contributed by atoms with Crippen molar-refractivity contribution in [2.75, 3.05) is 0 Å². The summed E-state index contributed by atoms with van der Waals surface area (Å²) < 4.78 is 0. The normalized spacial score (nSPS) is 12.3. The maximum Gasteiger partial charge on any atom is 0.116 e. The summed E-state index contributed by atoms with van der Waals surface area (Å²) in [5.74, 6) is 0. The van der Waals surface area contributed by atoms with E-state index < -0.39 is 11.0 Å². The first-order valence-corrected chi connectivity index (χ1v) is 4.80. The zero-order chi connectivity index (χ0) is 11.7. The van der Waals surface area contributed by atoms with Crippen LogP contribution in [0.3, 0.4) is 0 Å². The summed E-state index contributed by atoms with van der Waals surface area (Å²) in [5.41, 5.74) is 6.27. The molecular weight excluding hydrogens is 188 g/mol. The van der Waals surface area contributed by atoms with Gasteiger partial charge in [0.2, 0.25) is 0 Å². The summed E-state index contributed by atoms with van der Waals surface area (Å²) in [6, 6.07) is 4.00. The van der Waals surface area contributed by atoms with Gasteiger partial charge >= 0.3 is 0 Å². The van der Waals surface area contributed by atoms with Crippen LogP contribution in [0.5, 0.6) is 0 Å². The number of nitrogens with zero attached hydrogens (tertiary/aromatic N) is 3. The van der Waals surface area contributed by atoms with Crippen LogP contribution in [0.1, 0.15) is 39.1 Å². The maximum absolute atomic E-state index is 9.00. The lowest BCUT2D eigenvalue weighted by atomic mass is 9.89. The Morgan fingerprint density at radius 3 is 2.20 bits per heavy atom. The van der Waals surface area contributed by atoms with E-state index >= 15 is 0 Å². The molecule has 0 saturated heterocycles. The quantitative estimate of drug-likeness (QED) is 0.791. The van der Waals surface area contributed by atoms with E-state index in [1.807, 2.05) is 27.7 Å². The van der Waals surface area contributed by atoms with Crippen molar-refractivity contribution in [1.29, 1.82) is 5.26 Å². The summed E-state index contributed by atoms with van der Waals surface area (Å²) in [6.07, 6.45) is 1.46. The third-order valence-corrected chi connectivity index (χ3v) is 2.25. The van der Waals surface area contributed by atoms with Crippen molar-refractivity contribution in [3.05, 3.63) is 23.8 Å². The highest BCUT2D eigenvalue weighted by molar-refractivity contribution is 5.26. The molecule has 0 saturated carbocycles. The minimum Gasteiger partial charge on any atom is -0.321 e. The largest absolute Gasteiger partial charge is 0.321 e. The van der Waals surface area contributed by atoms with Crippen LogP contribution in [0, 0.1) is 11.3 Å². The van der Waals surface area contributed by atoms with E-state index in [1.165, 1.54) is 6.33 Å². The van der Waals surface area contributed by atoms with E-state index in [2.05, 4.69) is 16.0 Å². The summed E-state index contributed by atoms with van der Waals surface area (Å²) in [7, 11) is 0. The highest BCUT2D eigenvalue weighted by Crippen LogP contribution is 2.22. The molecule has 0 fully saturated rings. The zero-order valence-corrected chi connectivity index (χ0v) is 9.57. The highest BCUT2D eigenvalue weighted by Gasteiger charge is 2.24. The molecule has 4 heteroatoms. The fourth-order valence-corrected chi connectivity index (χ4v) is 1.11. The second kappa shape index (κ2) is 3.59. The minimum absolute atomic E-state index is 0.511. The number of hydrogen-bond acceptors (Lipinski definition) is 4. The fourth-order valence-electron chi connectivity index (χ4n) is 1.11. The van der Waals surface area contributed by atoms with Crippen molar-refractivity contribution in [1.82, 2.24) is 9.97 Å². The molecule has 0 bridgehead atoms. The number of hydrogen-bond donors (Lipinski definition) is 1. The van der Waals surface area contributed by atoms with Gasteiger partial charge in [-0.15, -0.1) is 0 Å². The van der Waals surface area contributed by atoms with Crippen LogP contribution >= 0.6 is 0 Å². The Balaban J connectivity index is 3.22. The molecule has 1 aromatic heterocycles. The topological polar surface area (TPSA) is 75.6 Å². The Morgan fingerprint density at radius 2 is 1.73 bits per heavy atom. The first-order valence-electron chi connectivity index (χ1n) is 4.80. The van der Waals surface area contributed by atoms with Crippen molar-refractivity contribution < 1.29 is 0 Å². The molecule has 2 N–H and O–H groups in total. The molecule has 0 unspecified atom stereocenters. The standard InChI is InChI=1S/C11H16N4/c1-10(2,6-12)8-5-9(11(3,4)13)15-7-14-8/h5,7H,13H2,1-4H3. The van der Waals surface area contributed by atoms with Crippen molar-refractivity contribution >= 4 is 0 Å². The molecule has 0 aromatic carbocycles. The van der Waals surface area contributed by atoms with Gasteiger partial charge in [-0.3, -0.25) is 0 Å². The van der Waals surface area contributed by atoms with Crippen LogP contribution in [0.25, 0.3) is 0 Å². The van der Waals surface area contributed by atoms with E-state index in [1.54, 1.807) is 6.07 Å². The summed E-state index contributed by atoms with van der Waals surface area (Å²) in [6.45, 7) is 7.39. The van der Waals surface area contributed by atoms with Gasteiger partial charge in [0.1, 0.15) is 6.33 Å². The minimum atomic E-state index is -0.608. The van der Waals surface area contributed by atoms with Crippen LogP contribution < -0.4 is 5.73 Å². The fraction of sp³-hybridized carbons (Fsp3) is 0.545. The van der Waals surface area contributed by atoms with E-state index in [4.69, 9.17) is 11.0 Å². The van der Waals surface area contributed by atoms with Gasteiger partial charge in [-0.05, 0) is 33.8 Å². The third kappa shape index (κ3) is 2.51. The Bertz CT molecular complexity index is 396. The van der Waals surface area contributed by atoms with Crippen LogP contribution in [0.2, 0.25) is 0 Å². The Hall–Kier alpha value is -1.47. The molecule has 80 valence electrons. The van der Waals surface area contributed by atoms with Gasteiger partial charge in [0, 0.05) is 0 Å². The van der Waals surface area contributed by atoms with Crippen molar-refractivity contribution in [2.45, 2.75) is 38.6 Å². The van der Waals surface area contributed by atoms with Crippen LogP contribution in [0.4, 0.5) is 0 Å². The average molecular weight is 204 g/mol. The van der Waals surface area contributed by atoms with Gasteiger partial charge in [0.15, 0.2) is 0 Å². The first kappa shape index (κ1) is 11.6. The van der Waals surface area contributed by atoms with E-state index in [9.17, 15) is 0 Å². The van der Waals surface area contributed by atoms with Gasteiger partial charge in [-0.1, -0.05) is 0 Å². The van der Waals surface area contributed by atoms with Crippen LogP contribution in [0.15, 0.2) is 12.4 Å². The highest BCUT2D eigenvalue weighted by atomic mass is 14.9. The lowest BCUT2D eigenvalue weighted by molar-refractivity contribution is 0.527. The smallest absolute Gasteiger partial charge is 0.116 e. The molecule has 15 heavy (non-hydrogen) atoms. The van der Waals surface area contributed by atoms with Crippen molar-refractivity contribution in [2.24, 2.45) is 5.73 Å². The van der Waals surface area contributed by atoms with Gasteiger partial charge in [-0.25, -0.2) is 9.97 Å².